The second-order valence-electron chi connectivity index (χ2n) is 11.2. The summed E-state index contributed by atoms with van der Waals surface area (Å²) < 4.78 is 45.2. The van der Waals surface area contributed by atoms with Crippen LogP contribution in [0.2, 0.25) is 0 Å². The summed E-state index contributed by atoms with van der Waals surface area (Å²) in [6.07, 6.45) is 2.10. The number of ether oxygens (including phenoxy) is 6. The molecule has 0 aliphatic carbocycles. The second kappa shape index (κ2) is 15.9. The first-order valence-corrected chi connectivity index (χ1v) is 16.0. The number of para-hydroxylation sites is 2. The monoisotopic (exact) mass is 676 g/mol. The summed E-state index contributed by atoms with van der Waals surface area (Å²) in [5, 5.41) is 1.50. The lowest BCUT2D eigenvalue weighted by molar-refractivity contribution is -0.0682. The molecule has 6 aromatic rings. The van der Waals surface area contributed by atoms with Gasteiger partial charge in [-0.1, -0.05) is 43.0 Å². The molecule has 0 bridgehead atoms. The Bertz CT molecular complexity index is 2070. The zero-order valence-electron chi connectivity index (χ0n) is 27.7. The van der Waals surface area contributed by atoms with Gasteiger partial charge >= 0.3 is 11.3 Å². The van der Waals surface area contributed by atoms with Crippen LogP contribution in [-0.2, 0) is 9.47 Å². The molecular weight excluding hydrogens is 640 g/mol. The van der Waals surface area contributed by atoms with Crippen LogP contribution in [0.25, 0.3) is 44.2 Å². The van der Waals surface area contributed by atoms with E-state index < -0.39 is 11.3 Å². The van der Waals surface area contributed by atoms with Crippen molar-refractivity contribution in [1.29, 1.82) is 0 Å². The molecule has 10 nitrogen and oxygen atoms in total. The summed E-state index contributed by atoms with van der Waals surface area (Å²) in [6, 6.07) is 28.9. The molecule has 256 valence electrons. The number of hydrogen-bond acceptors (Lipinski definition) is 10. The Morgan fingerprint density at radius 1 is 0.640 bits per heavy atom. The molecule has 0 radical (unpaired) electrons. The van der Waals surface area contributed by atoms with Gasteiger partial charge in [-0.25, -0.2) is 9.59 Å². The zero-order chi connectivity index (χ0) is 34.9. The van der Waals surface area contributed by atoms with Crippen molar-refractivity contribution < 1.29 is 37.3 Å². The van der Waals surface area contributed by atoms with E-state index in [-0.39, 0.29) is 12.9 Å². The molecule has 6 rings (SSSR count). The largest absolute Gasteiger partial charge is 0.496 e. The molecule has 0 unspecified atom stereocenters. The van der Waals surface area contributed by atoms with Crippen molar-refractivity contribution in [3.05, 3.63) is 131 Å². The van der Waals surface area contributed by atoms with E-state index >= 15 is 0 Å². The van der Waals surface area contributed by atoms with Crippen molar-refractivity contribution >= 4 is 21.9 Å². The molecule has 0 fully saturated rings. The van der Waals surface area contributed by atoms with Gasteiger partial charge in [-0.05, 0) is 48.5 Å². The van der Waals surface area contributed by atoms with Crippen molar-refractivity contribution in [2.45, 2.75) is 18.9 Å². The summed E-state index contributed by atoms with van der Waals surface area (Å²) >= 11 is 0. The van der Waals surface area contributed by atoms with Gasteiger partial charge in [0.25, 0.3) is 0 Å². The van der Waals surface area contributed by atoms with Gasteiger partial charge in [0.15, 0.2) is 6.79 Å². The fraction of sp³-hybridized carbons (Fsp3) is 0.200. The molecule has 4 aromatic carbocycles. The maximum Gasteiger partial charge on any atom is 0.344 e. The number of fused-ring (bicyclic) bond motifs is 2. The van der Waals surface area contributed by atoms with Crippen LogP contribution in [-0.4, -0.2) is 40.3 Å². The van der Waals surface area contributed by atoms with Gasteiger partial charge in [0, 0.05) is 46.9 Å². The predicted molar refractivity (Wildman–Crippen MR) is 190 cm³/mol. The SMILES string of the molecule is C=COCOC(CCOc1ccc2cc(-c3ccccc3OC)c(=O)oc2c1)CCOc1ccc2cc(-c3ccccc3OC)c(=O)oc2c1. The first-order valence-electron chi connectivity index (χ1n) is 16.0. The molecule has 0 atom stereocenters. The minimum atomic E-state index is -0.471. The van der Waals surface area contributed by atoms with Gasteiger partial charge in [-0.3, -0.25) is 0 Å². The first-order chi connectivity index (χ1) is 24.5. The summed E-state index contributed by atoms with van der Waals surface area (Å²) in [6.45, 7) is 4.23. The molecule has 0 aliphatic rings. The van der Waals surface area contributed by atoms with Crippen molar-refractivity contribution in [2.24, 2.45) is 0 Å². The molecule has 0 N–H and O–H groups in total. The maximum absolute atomic E-state index is 12.9. The van der Waals surface area contributed by atoms with Crippen LogP contribution in [0.5, 0.6) is 23.0 Å². The summed E-state index contributed by atoms with van der Waals surface area (Å²) in [4.78, 5) is 25.8. The Morgan fingerprint density at radius 3 is 1.58 bits per heavy atom. The van der Waals surface area contributed by atoms with Crippen LogP contribution in [0.4, 0.5) is 0 Å². The molecule has 0 saturated carbocycles. The third kappa shape index (κ3) is 7.82. The molecule has 0 aliphatic heterocycles. The standard InChI is InChI=1S/C40H36O10/c1-4-45-25-48-28(17-19-46-29-15-13-26-21-33(39(41)49-37(26)23-29)31-9-5-7-11-35(31)43-2)18-20-47-30-16-14-27-22-34(40(42)50-38(27)24-30)32-10-6-8-12-36(32)44-3/h4-16,21-24,28H,1,17-20,25H2,2-3H3. The lowest BCUT2D eigenvalue weighted by Crippen LogP contribution is -2.20. The summed E-state index contributed by atoms with van der Waals surface area (Å²) in [7, 11) is 3.12. The first kappa shape index (κ1) is 33.9. The molecule has 2 heterocycles. The predicted octanol–water partition coefficient (Wildman–Crippen LogP) is 7.99. The van der Waals surface area contributed by atoms with E-state index in [1.54, 1.807) is 50.6 Å². The average molecular weight is 677 g/mol. The minimum absolute atomic E-state index is 0.0273. The van der Waals surface area contributed by atoms with E-state index in [0.717, 1.165) is 10.8 Å². The van der Waals surface area contributed by atoms with E-state index in [1.165, 1.54) is 6.26 Å². The molecule has 0 spiro atoms. The van der Waals surface area contributed by atoms with Crippen LogP contribution in [0.1, 0.15) is 12.8 Å². The van der Waals surface area contributed by atoms with Crippen LogP contribution in [0, 0.1) is 0 Å². The van der Waals surface area contributed by atoms with E-state index in [9.17, 15) is 9.59 Å². The number of benzene rings is 4. The molecular formula is C40H36O10. The van der Waals surface area contributed by atoms with Gasteiger partial charge in [-0.2, -0.15) is 0 Å². The van der Waals surface area contributed by atoms with E-state index in [0.29, 0.717) is 82.5 Å². The maximum atomic E-state index is 12.9. The molecule has 10 heteroatoms. The Labute approximate surface area is 288 Å². The van der Waals surface area contributed by atoms with E-state index in [4.69, 9.17) is 37.3 Å². The van der Waals surface area contributed by atoms with Crippen molar-refractivity contribution in [3.63, 3.8) is 0 Å². The zero-order valence-corrected chi connectivity index (χ0v) is 27.7. The highest BCUT2D eigenvalue weighted by Gasteiger charge is 2.16. The Balaban J connectivity index is 1.07. The van der Waals surface area contributed by atoms with Crippen molar-refractivity contribution in [1.82, 2.24) is 0 Å². The fourth-order valence-electron chi connectivity index (χ4n) is 5.58. The Kier molecular flexibility index (Phi) is 10.8. The van der Waals surface area contributed by atoms with Crippen LogP contribution >= 0.6 is 0 Å². The fourth-order valence-corrected chi connectivity index (χ4v) is 5.58. The van der Waals surface area contributed by atoms with Gasteiger partial charge in [0.1, 0.15) is 34.2 Å². The van der Waals surface area contributed by atoms with Crippen LogP contribution < -0.4 is 30.2 Å². The second-order valence-corrected chi connectivity index (χ2v) is 11.2. The Morgan fingerprint density at radius 2 is 1.12 bits per heavy atom. The molecule has 0 saturated heterocycles. The summed E-state index contributed by atoms with van der Waals surface area (Å²) in [5.41, 5.74) is 2.03. The van der Waals surface area contributed by atoms with Crippen molar-refractivity contribution in [3.8, 4) is 45.3 Å². The quantitative estimate of drug-likeness (QED) is 0.0432. The Hall–Kier alpha value is -6.00. The van der Waals surface area contributed by atoms with Crippen molar-refractivity contribution in [2.75, 3.05) is 34.2 Å². The smallest absolute Gasteiger partial charge is 0.344 e. The average Bonchev–Trinajstić information content (AvgIpc) is 3.14. The van der Waals surface area contributed by atoms with Crippen LogP contribution in [0.15, 0.2) is 128 Å². The van der Waals surface area contributed by atoms with Gasteiger partial charge in [0.05, 0.1) is 50.9 Å². The number of rotatable bonds is 16. The number of hydrogen-bond donors (Lipinski definition) is 0. The van der Waals surface area contributed by atoms with Gasteiger partial charge in [-0.15, -0.1) is 0 Å². The lowest BCUT2D eigenvalue weighted by atomic mass is 10.0. The van der Waals surface area contributed by atoms with E-state index in [2.05, 4.69) is 6.58 Å². The van der Waals surface area contributed by atoms with Crippen LogP contribution in [0.3, 0.4) is 0 Å². The third-order valence-corrected chi connectivity index (χ3v) is 8.12. The summed E-state index contributed by atoms with van der Waals surface area (Å²) in [5.74, 6) is 2.28. The highest BCUT2D eigenvalue weighted by molar-refractivity contribution is 5.85. The normalized spacial score (nSPS) is 11.1. The van der Waals surface area contributed by atoms with Gasteiger partial charge < -0.3 is 37.3 Å². The molecule has 50 heavy (non-hydrogen) atoms. The number of methoxy groups -OCH3 is 2. The highest BCUT2D eigenvalue weighted by atomic mass is 16.7. The topological polar surface area (TPSA) is 116 Å². The van der Waals surface area contributed by atoms with Gasteiger partial charge in [0.2, 0.25) is 0 Å². The molecule has 2 aromatic heterocycles. The third-order valence-electron chi connectivity index (χ3n) is 8.12. The lowest BCUT2D eigenvalue weighted by Gasteiger charge is -2.18. The highest BCUT2D eigenvalue weighted by Crippen LogP contribution is 2.32. The molecule has 0 amide bonds. The minimum Gasteiger partial charge on any atom is -0.496 e. The van der Waals surface area contributed by atoms with E-state index in [1.807, 2.05) is 60.7 Å².